The molecule has 0 saturated carbocycles. The number of carboxylic acids is 1. The molecule has 1 aromatic rings. The molecule has 0 aliphatic heterocycles. The Kier molecular flexibility index (Phi) is 6.07. The van der Waals surface area contributed by atoms with Crippen molar-refractivity contribution in [3.63, 3.8) is 0 Å². The monoisotopic (exact) mass is 328 g/mol. The van der Waals surface area contributed by atoms with Crippen LogP contribution < -0.4 is 5.32 Å². The Bertz CT molecular complexity index is 657. The van der Waals surface area contributed by atoms with E-state index < -0.39 is 27.9 Å². The Hall–Kier alpha value is -1.93. The zero-order valence-corrected chi connectivity index (χ0v) is 13.6. The van der Waals surface area contributed by atoms with E-state index in [9.17, 15) is 18.0 Å². The number of nitrogens with zero attached hydrogens (tertiary/aromatic N) is 1. The van der Waals surface area contributed by atoms with E-state index in [0.717, 1.165) is 16.1 Å². The minimum absolute atomic E-state index is 0.279. The van der Waals surface area contributed by atoms with Crippen LogP contribution in [0.2, 0.25) is 0 Å². The number of nitrogens with one attached hydrogen (secondary N) is 1. The number of aliphatic carboxylic acids is 1. The molecule has 2 N–H and O–H groups in total. The van der Waals surface area contributed by atoms with Crippen LogP contribution in [-0.4, -0.2) is 49.6 Å². The van der Waals surface area contributed by atoms with E-state index in [4.69, 9.17) is 5.11 Å². The largest absolute Gasteiger partial charge is 0.481 e. The van der Waals surface area contributed by atoms with Gasteiger partial charge < -0.3 is 10.4 Å². The number of hydrogen-bond acceptors (Lipinski definition) is 4. The maximum absolute atomic E-state index is 12.0. The summed E-state index contributed by atoms with van der Waals surface area (Å²) in [5.74, 6) is -1.60. The summed E-state index contributed by atoms with van der Waals surface area (Å²) in [6, 6.07) is 6.42. The van der Waals surface area contributed by atoms with E-state index in [0.29, 0.717) is 5.56 Å². The lowest BCUT2D eigenvalue weighted by Crippen LogP contribution is -2.40. The third-order valence-corrected chi connectivity index (χ3v) is 4.47. The van der Waals surface area contributed by atoms with E-state index in [1.807, 2.05) is 19.1 Å². The van der Waals surface area contributed by atoms with Crippen LogP contribution in [0.4, 0.5) is 0 Å². The zero-order chi connectivity index (χ0) is 16.9. The first kappa shape index (κ1) is 18.1. The van der Waals surface area contributed by atoms with Crippen molar-refractivity contribution in [2.45, 2.75) is 19.4 Å². The molecule has 0 fully saturated rings. The van der Waals surface area contributed by atoms with E-state index in [2.05, 4.69) is 5.32 Å². The molecule has 22 heavy (non-hydrogen) atoms. The quantitative estimate of drug-likeness (QED) is 0.759. The zero-order valence-electron chi connectivity index (χ0n) is 12.7. The van der Waals surface area contributed by atoms with Gasteiger partial charge >= 0.3 is 5.97 Å². The van der Waals surface area contributed by atoms with Crippen LogP contribution in [0.1, 0.15) is 23.6 Å². The van der Waals surface area contributed by atoms with E-state index in [1.54, 1.807) is 12.1 Å². The number of rotatable bonds is 7. The van der Waals surface area contributed by atoms with Crippen LogP contribution in [0.5, 0.6) is 0 Å². The van der Waals surface area contributed by atoms with Gasteiger partial charge in [-0.05, 0) is 18.1 Å². The maximum Gasteiger partial charge on any atom is 0.305 e. The van der Waals surface area contributed by atoms with E-state index in [1.165, 1.54) is 7.05 Å². The predicted octanol–water partition coefficient (Wildman–Crippen LogP) is 0.518. The minimum Gasteiger partial charge on any atom is -0.481 e. The van der Waals surface area contributed by atoms with E-state index >= 15 is 0 Å². The average Bonchev–Trinajstić information content (AvgIpc) is 2.36. The minimum atomic E-state index is -3.47. The first-order chi connectivity index (χ1) is 10.1. The van der Waals surface area contributed by atoms with Crippen LogP contribution in [0.15, 0.2) is 24.3 Å². The van der Waals surface area contributed by atoms with Crippen molar-refractivity contribution in [1.82, 2.24) is 9.62 Å². The molecule has 0 aliphatic rings. The van der Waals surface area contributed by atoms with Crippen LogP contribution in [0, 0.1) is 6.92 Å². The van der Waals surface area contributed by atoms with E-state index in [-0.39, 0.29) is 13.0 Å². The number of likely N-dealkylation sites (N-methyl/N-ethyl adjacent to an activating group) is 1. The Morgan fingerprint density at radius 3 is 2.41 bits per heavy atom. The molecule has 1 rings (SSSR count). The molecular formula is C14H20N2O5S. The Morgan fingerprint density at radius 1 is 1.32 bits per heavy atom. The normalized spacial score (nSPS) is 12.9. The fourth-order valence-electron chi connectivity index (χ4n) is 1.95. The summed E-state index contributed by atoms with van der Waals surface area (Å²) in [4.78, 5) is 23.0. The highest BCUT2D eigenvalue weighted by molar-refractivity contribution is 7.88. The first-order valence-electron chi connectivity index (χ1n) is 6.59. The highest BCUT2D eigenvalue weighted by Crippen LogP contribution is 2.20. The summed E-state index contributed by atoms with van der Waals surface area (Å²) in [6.45, 7) is 1.46. The number of carbonyl (C=O) groups is 2. The van der Waals surface area contributed by atoms with Crippen molar-refractivity contribution < 1.29 is 23.1 Å². The van der Waals surface area contributed by atoms with Gasteiger partial charge in [-0.25, -0.2) is 8.42 Å². The van der Waals surface area contributed by atoms with Gasteiger partial charge in [-0.2, -0.15) is 4.31 Å². The predicted molar refractivity (Wildman–Crippen MR) is 81.8 cm³/mol. The van der Waals surface area contributed by atoms with Crippen LogP contribution >= 0.6 is 0 Å². The number of benzene rings is 1. The third kappa shape index (κ3) is 5.45. The number of carboxylic acid groups (broad SMARTS) is 1. The lowest BCUT2D eigenvalue weighted by atomic mass is 9.99. The third-order valence-electron chi connectivity index (χ3n) is 3.21. The fourth-order valence-corrected chi connectivity index (χ4v) is 2.30. The summed E-state index contributed by atoms with van der Waals surface area (Å²) in [5.41, 5.74) is 1.55. The molecule has 7 nitrogen and oxygen atoms in total. The molecule has 0 aromatic heterocycles. The van der Waals surface area contributed by atoms with Gasteiger partial charge in [0, 0.05) is 7.05 Å². The molecule has 1 aromatic carbocycles. The van der Waals surface area contributed by atoms with Crippen molar-refractivity contribution >= 4 is 21.9 Å². The van der Waals surface area contributed by atoms with Gasteiger partial charge in [-0.3, -0.25) is 9.59 Å². The molecule has 0 heterocycles. The summed E-state index contributed by atoms with van der Waals surface area (Å²) < 4.78 is 23.5. The fraction of sp³-hybridized carbons (Fsp3) is 0.429. The summed E-state index contributed by atoms with van der Waals surface area (Å²) in [6.07, 6.45) is 0.718. The van der Waals surface area contributed by atoms with Gasteiger partial charge in [0.2, 0.25) is 15.9 Å². The molecule has 1 atom stereocenters. The number of carbonyl (C=O) groups excluding carboxylic acids is 1. The van der Waals surface area contributed by atoms with Gasteiger partial charge in [0.15, 0.2) is 0 Å². The first-order valence-corrected chi connectivity index (χ1v) is 8.44. The number of aryl methyl sites for hydroxylation is 1. The second kappa shape index (κ2) is 7.37. The molecule has 8 heteroatoms. The van der Waals surface area contributed by atoms with Gasteiger partial charge in [-0.1, -0.05) is 24.3 Å². The van der Waals surface area contributed by atoms with Crippen LogP contribution in [-0.2, 0) is 19.6 Å². The smallest absolute Gasteiger partial charge is 0.305 e. The van der Waals surface area contributed by atoms with Gasteiger partial charge in [-0.15, -0.1) is 0 Å². The van der Waals surface area contributed by atoms with Crippen molar-refractivity contribution in [2.75, 3.05) is 19.8 Å². The lowest BCUT2D eigenvalue weighted by Gasteiger charge is -2.21. The van der Waals surface area contributed by atoms with Crippen LogP contribution in [0.3, 0.4) is 0 Å². The number of hydrogen-bond donors (Lipinski definition) is 2. The van der Waals surface area contributed by atoms with Gasteiger partial charge in [0.1, 0.15) is 0 Å². The summed E-state index contributed by atoms with van der Waals surface area (Å²) in [5, 5.41) is 11.6. The second-order valence-corrected chi connectivity index (χ2v) is 7.18. The van der Waals surface area contributed by atoms with Crippen molar-refractivity contribution in [1.29, 1.82) is 0 Å². The summed E-state index contributed by atoms with van der Waals surface area (Å²) >= 11 is 0. The van der Waals surface area contributed by atoms with Crippen LogP contribution in [0.25, 0.3) is 0 Å². The molecule has 0 spiro atoms. The Balaban J connectivity index is 2.89. The lowest BCUT2D eigenvalue weighted by molar-refractivity contribution is -0.137. The number of amides is 1. The molecule has 0 aliphatic carbocycles. The topological polar surface area (TPSA) is 104 Å². The summed E-state index contributed by atoms with van der Waals surface area (Å²) in [7, 11) is -2.19. The highest BCUT2D eigenvalue weighted by atomic mass is 32.2. The van der Waals surface area contributed by atoms with Crippen molar-refractivity contribution in [3.8, 4) is 0 Å². The molecule has 1 unspecified atom stereocenters. The SMILES string of the molecule is Cc1ccccc1C(CC(=O)O)NC(=O)CN(C)S(C)(=O)=O. The van der Waals surface area contributed by atoms with Gasteiger partial charge in [0.25, 0.3) is 0 Å². The molecule has 0 bridgehead atoms. The van der Waals surface area contributed by atoms with Gasteiger partial charge in [0.05, 0.1) is 25.3 Å². The molecule has 1 amide bonds. The standard InChI is InChI=1S/C14H20N2O5S/c1-10-6-4-5-7-11(10)12(8-14(18)19)15-13(17)9-16(2)22(3,20)21/h4-7,12H,8-9H2,1-3H3,(H,15,17)(H,18,19). The average molecular weight is 328 g/mol. The second-order valence-electron chi connectivity index (χ2n) is 5.09. The molecule has 0 radical (unpaired) electrons. The molecule has 0 saturated heterocycles. The molecular weight excluding hydrogens is 308 g/mol. The number of sulfonamides is 1. The molecule has 122 valence electrons. The Morgan fingerprint density at radius 2 is 1.91 bits per heavy atom. The maximum atomic E-state index is 12.0. The van der Waals surface area contributed by atoms with Crippen molar-refractivity contribution in [2.24, 2.45) is 0 Å². The highest BCUT2D eigenvalue weighted by Gasteiger charge is 2.22. The Labute approximate surface area is 130 Å². The van der Waals surface area contributed by atoms with Crippen molar-refractivity contribution in [3.05, 3.63) is 35.4 Å².